The molecule has 13 heavy (non-hydrogen) atoms. The van der Waals surface area contributed by atoms with E-state index in [0.717, 1.165) is 0 Å². The highest BCUT2D eigenvalue weighted by Gasteiger charge is 2.02. The standard InChI is InChI=1S/C9H13FN2O/c10-8-3-1-2-4-9(8)12-6-7(13)5-11/h1-4,7,12-13H,5-6,11H2. The fraction of sp³-hybridized carbons (Fsp3) is 0.333. The number of halogens is 1. The molecule has 0 fully saturated rings. The number of para-hydroxylation sites is 1. The van der Waals surface area contributed by atoms with E-state index in [-0.39, 0.29) is 18.9 Å². The molecule has 72 valence electrons. The van der Waals surface area contributed by atoms with Gasteiger partial charge in [0.25, 0.3) is 0 Å². The highest BCUT2D eigenvalue weighted by molar-refractivity contribution is 5.44. The lowest BCUT2D eigenvalue weighted by Gasteiger charge is -2.10. The van der Waals surface area contributed by atoms with E-state index >= 15 is 0 Å². The first-order chi connectivity index (χ1) is 6.24. The van der Waals surface area contributed by atoms with Crippen LogP contribution in [-0.4, -0.2) is 24.3 Å². The topological polar surface area (TPSA) is 58.3 Å². The molecule has 0 heterocycles. The van der Waals surface area contributed by atoms with E-state index in [4.69, 9.17) is 10.8 Å². The lowest BCUT2D eigenvalue weighted by molar-refractivity contribution is 0.196. The molecule has 0 saturated carbocycles. The second-order valence-electron chi connectivity index (χ2n) is 2.75. The van der Waals surface area contributed by atoms with Gasteiger partial charge in [0.1, 0.15) is 5.82 Å². The summed E-state index contributed by atoms with van der Waals surface area (Å²) in [6, 6.07) is 6.30. The first kappa shape index (κ1) is 9.95. The Balaban J connectivity index is 2.50. The number of aliphatic hydroxyl groups is 1. The Labute approximate surface area is 76.4 Å². The number of aliphatic hydroxyl groups excluding tert-OH is 1. The predicted octanol–water partition coefficient (Wildman–Crippen LogP) is 0.557. The van der Waals surface area contributed by atoms with Crippen molar-refractivity contribution in [1.29, 1.82) is 0 Å². The molecule has 1 unspecified atom stereocenters. The molecule has 0 aliphatic heterocycles. The number of rotatable bonds is 4. The Morgan fingerprint density at radius 3 is 2.77 bits per heavy atom. The summed E-state index contributed by atoms with van der Waals surface area (Å²) < 4.78 is 13.0. The van der Waals surface area contributed by atoms with Crippen molar-refractivity contribution in [2.24, 2.45) is 5.73 Å². The van der Waals surface area contributed by atoms with Crippen LogP contribution < -0.4 is 11.1 Å². The van der Waals surface area contributed by atoms with Crippen molar-refractivity contribution in [3.63, 3.8) is 0 Å². The molecule has 0 aromatic heterocycles. The number of nitrogens with two attached hydrogens (primary N) is 1. The molecule has 0 aliphatic rings. The summed E-state index contributed by atoms with van der Waals surface area (Å²) in [6.07, 6.45) is -0.639. The van der Waals surface area contributed by atoms with Crippen molar-refractivity contribution in [2.45, 2.75) is 6.10 Å². The summed E-state index contributed by atoms with van der Waals surface area (Å²) in [5.41, 5.74) is 5.57. The molecular weight excluding hydrogens is 171 g/mol. The quantitative estimate of drug-likeness (QED) is 0.640. The van der Waals surface area contributed by atoms with Gasteiger partial charge in [-0.2, -0.15) is 0 Å². The number of benzene rings is 1. The molecule has 0 radical (unpaired) electrons. The van der Waals surface area contributed by atoms with Gasteiger partial charge in [-0.15, -0.1) is 0 Å². The molecule has 4 N–H and O–H groups in total. The minimum absolute atomic E-state index is 0.168. The minimum Gasteiger partial charge on any atom is -0.390 e. The maximum Gasteiger partial charge on any atom is 0.146 e. The third kappa shape index (κ3) is 3.01. The molecule has 1 aromatic rings. The summed E-state index contributed by atoms with van der Waals surface area (Å²) >= 11 is 0. The van der Waals surface area contributed by atoms with E-state index < -0.39 is 6.10 Å². The van der Waals surface area contributed by atoms with Gasteiger partial charge in [-0.25, -0.2) is 4.39 Å². The second-order valence-corrected chi connectivity index (χ2v) is 2.75. The Kier molecular flexibility index (Phi) is 3.67. The number of hydrogen-bond donors (Lipinski definition) is 3. The monoisotopic (exact) mass is 184 g/mol. The van der Waals surface area contributed by atoms with Crippen LogP contribution >= 0.6 is 0 Å². The van der Waals surface area contributed by atoms with Crippen molar-refractivity contribution in [3.05, 3.63) is 30.1 Å². The van der Waals surface area contributed by atoms with Gasteiger partial charge in [0.15, 0.2) is 0 Å². The van der Waals surface area contributed by atoms with Crippen LogP contribution in [0, 0.1) is 5.82 Å². The van der Waals surface area contributed by atoms with Crippen LogP contribution in [0.1, 0.15) is 0 Å². The maximum absolute atomic E-state index is 13.0. The van der Waals surface area contributed by atoms with E-state index in [0.29, 0.717) is 5.69 Å². The van der Waals surface area contributed by atoms with E-state index in [1.54, 1.807) is 18.2 Å². The summed E-state index contributed by atoms with van der Waals surface area (Å²) in [4.78, 5) is 0. The second kappa shape index (κ2) is 4.79. The van der Waals surface area contributed by atoms with Crippen LogP contribution in [-0.2, 0) is 0 Å². The first-order valence-electron chi connectivity index (χ1n) is 4.10. The molecule has 1 aromatic carbocycles. The first-order valence-corrected chi connectivity index (χ1v) is 4.10. The molecule has 1 atom stereocenters. The van der Waals surface area contributed by atoms with E-state index in [9.17, 15) is 4.39 Å². The van der Waals surface area contributed by atoms with Gasteiger partial charge < -0.3 is 16.2 Å². The molecule has 0 saturated heterocycles. The fourth-order valence-corrected chi connectivity index (χ4v) is 0.916. The summed E-state index contributed by atoms with van der Waals surface area (Å²) in [6.45, 7) is 0.429. The minimum atomic E-state index is -0.639. The van der Waals surface area contributed by atoms with Crippen LogP contribution in [0.5, 0.6) is 0 Å². The van der Waals surface area contributed by atoms with Crippen molar-refractivity contribution < 1.29 is 9.50 Å². The van der Waals surface area contributed by atoms with Crippen molar-refractivity contribution >= 4 is 5.69 Å². The van der Waals surface area contributed by atoms with Crippen LogP contribution in [0.3, 0.4) is 0 Å². The molecular formula is C9H13FN2O. The average molecular weight is 184 g/mol. The summed E-state index contributed by atoms with van der Waals surface area (Å²) in [5, 5.41) is 11.9. The number of anilines is 1. The lowest BCUT2D eigenvalue weighted by Crippen LogP contribution is -2.27. The van der Waals surface area contributed by atoms with Gasteiger partial charge in [-0.1, -0.05) is 12.1 Å². The zero-order chi connectivity index (χ0) is 9.68. The van der Waals surface area contributed by atoms with E-state index in [1.807, 2.05) is 0 Å². The van der Waals surface area contributed by atoms with Gasteiger partial charge in [0, 0.05) is 13.1 Å². The van der Waals surface area contributed by atoms with Crippen molar-refractivity contribution in [2.75, 3.05) is 18.4 Å². The maximum atomic E-state index is 13.0. The van der Waals surface area contributed by atoms with Crippen molar-refractivity contribution in [1.82, 2.24) is 0 Å². The molecule has 3 nitrogen and oxygen atoms in total. The molecule has 1 rings (SSSR count). The van der Waals surface area contributed by atoms with E-state index in [2.05, 4.69) is 5.32 Å². The van der Waals surface area contributed by atoms with Gasteiger partial charge in [0.05, 0.1) is 11.8 Å². The van der Waals surface area contributed by atoms with Crippen LogP contribution in [0.2, 0.25) is 0 Å². The van der Waals surface area contributed by atoms with Crippen LogP contribution in [0.25, 0.3) is 0 Å². The molecule has 4 heteroatoms. The summed E-state index contributed by atoms with van der Waals surface area (Å²) in [5.74, 6) is -0.327. The molecule has 0 amide bonds. The van der Waals surface area contributed by atoms with Gasteiger partial charge >= 0.3 is 0 Å². The summed E-state index contributed by atoms with van der Waals surface area (Å²) in [7, 11) is 0. The fourth-order valence-electron chi connectivity index (χ4n) is 0.916. The molecule has 0 aliphatic carbocycles. The average Bonchev–Trinajstić information content (AvgIpc) is 2.16. The molecule has 0 spiro atoms. The zero-order valence-corrected chi connectivity index (χ0v) is 7.20. The molecule has 0 bridgehead atoms. The third-order valence-electron chi connectivity index (χ3n) is 1.67. The zero-order valence-electron chi connectivity index (χ0n) is 7.20. The Hall–Kier alpha value is -1.13. The Morgan fingerprint density at radius 1 is 1.46 bits per heavy atom. The largest absolute Gasteiger partial charge is 0.390 e. The van der Waals surface area contributed by atoms with Gasteiger partial charge in [-0.05, 0) is 12.1 Å². The highest BCUT2D eigenvalue weighted by atomic mass is 19.1. The van der Waals surface area contributed by atoms with Crippen LogP contribution in [0.15, 0.2) is 24.3 Å². The van der Waals surface area contributed by atoms with Crippen molar-refractivity contribution in [3.8, 4) is 0 Å². The normalized spacial score (nSPS) is 12.5. The lowest BCUT2D eigenvalue weighted by atomic mass is 10.3. The third-order valence-corrected chi connectivity index (χ3v) is 1.67. The van der Waals surface area contributed by atoms with Gasteiger partial charge in [-0.3, -0.25) is 0 Å². The predicted molar refractivity (Wildman–Crippen MR) is 50.0 cm³/mol. The van der Waals surface area contributed by atoms with E-state index in [1.165, 1.54) is 6.07 Å². The Bertz CT molecular complexity index is 268. The number of nitrogens with one attached hydrogen (secondary N) is 1. The van der Waals surface area contributed by atoms with Crippen LogP contribution in [0.4, 0.5) is 10.1 Å². The number of hydrogen-bond acceptors (Lipinski definition) is 3. The Morgan fingerprint density at radius 2 is 2.15 bits per heavy atom. The van der Waals surface area contributed by atoms with Gasteiger partial charge in [0.2, 0.25) is 0 Å². The smallest absolute Gasteiger partial charge is 0.146 e. The SMILES string of the molecule is NCC(O)CNc1ccccc1F. The highest BCUT2D eigenvalue weighted by Crippen LogP contribution is 2.11.